The summed E-state index contributed by atoms with van der Waals surface area (Å²) in [5.74, 6) is -0.181. The number of rotatable bonds is 5. The first-order valence-electron chi connectivity index (χ1n) is 7.14. The second-order valence-corrected chi connectivity index (χ2v) is 6.25. The van der Waals surface area contributed by atoms with Crippen molar-refractivity contribution < 1.29 is 14.3 Å². The standard InChI is InChI=1S/C14H27N3O3/c1-13(2,3)17-11(18)5-8-16-12(19)14(20-4)6-9-15-10-7-14/h15H,5-10H2,1-4H3,(H,16,19)(H,17,18). The van der Waals surface area contributed by atoms with E-state index < -0.39 is 5.60 Å². The van der Waals surface area contributed by atoms with Gasteiger partial charge in [-0.15, -0.1) is 0 Å². The number of piperidine rings is 1. The lowest BCUT2D eigenvalue weighted by Crippen LogP contribution is -2.54. The molecule has 6 nitrogen and oxygen atoms in total. The summed E-state index contributed by atoms with van der Waals surface area (Å²) in [6.07, 6.45) is 1.59. The normalized spacial score (nSPS) is 18.4. The minimum absolute atomic E-state index is 0.0606. The number of methoxy groups -OCH3 is 1. The van der Waals surface area contributed by atoms with Crippen LogP contribution in [-0.2, 0) is 14.3 Å². The van der Waals surface area contributed by atoms with Crippen LogP contribution in [0.5, 0.6) is 0 Å². The molecule has 0 aromatic carbocycles. The molecule has 1 saturated heterocycles. The molecule has 1 aliphatic heterocycles. The summed E-state index contributed by atoms with van der Waals surface area (Å²) in [5, 5.41) is 8.88. The van der Waals surface area contributed by atoms with Crippen molar-refractivity contribution in [3.63, 3.8) is 0 Å². The maximum atomic E-state index is 12.2. The summed E-state index contributed by atoms with van der Waals surface area (Å²) in [7, 11) is 1.57. The summed E-state index contributed by atoms with van der Waals surface area (Å²) in [6.45, 7) is 7.66. The molecule has 0 spiro atoms. The van der Waals surface area contributed by atoms with Gasteiger partial charge in [-0.2, -0.15) is 0 Å². The van der Waals surface area contributed by atoms with Crippen LogP contribution in [0.1, 0.15) is 40.0 Å². The van der Waals surface area contributed by atoms with E-state index in [-0.39, 0.29) is 23.8 Å². The number of carbonyl (C=O) groups is 2. The second-order valence-electron chi connectivity index (χ2n) is 6.25. The molecule has 0 saturated carbocycles. The first-order valence-corrected chi connectivity index (χ1v) is 7.14. The monoisotopic (exact) mass is 285 g/mol. The summed E-state index contributed by atoms with van der Waals surface area (Å²) in [4.78, 5) is 23.9. The number of ether oxygens (including phenoxy) is 1. The number of hydrogen-bond donors (Lipinski definition) is 3. The topological polar surface area (TPSA) is 79.5 Å². The molecule has 1 fully saturated rings. The van der Waals surface area contributed by atoms with Crippen LogP contribution in [0.15, 0.2) is 0 Å². The van der Waals surface area contributed by atoms with Gasteiger partial charge in [0.15, 0.2) is 0 Å². The van der Waals surface area contributed by atoms with Crippen LogP contribution in [0.4, 0.5) is 0 Å². The molecule has 0 atom stereocenters. The van der Waals surface area contributed by atoms with E-state index in [4.69, 9.17) is 4.74 Å². The van der Waals surface area contributed by atoms with Crippen molar-refractivity contribution in [3.8, 4) is 0 Å². The molecule has 1 heterocycles. The number of amides is 2. The van der Waals surface area contributed by atoms with Gasteiger partial charge < -0.3 is 20.7 Å². The smallest absolute Gasteiger partial charge is 0.252 e. The molecule has 1 rings (SSSR count). The lowest BCUT2D eigenvalue weighted by molar-refractivity contribution is -0.146. The van der Waals surface area contributed by atoms with Crippen molar-refractivity contribution in [2.45, 2.75) is 51.2 Å². The maximum Gasteiger partial charge on any atom is 0.252 e. The van der Waals surface area contributed by atoms with E-state index in [1.807, 2.05) is 20.8 Å². The Hall–Kier alpha value is -1.14. The zero-order valence-electron chi connectivity index (χ0n) is 13.0. The Labute approximate surface area is 121 Å². The third kappa shape index (κ3) is 5.09. The number of carbonyl (C=O) groups excluding carboxylic acids is 2. The first-order chi connectivity index (χ1) is 9.29. The Kier molecular flexibility index (Phi) is 5.95. The molecule has 116 valence electrons. The van der Waals surface area contributed by atoms with Crippen molar-refractivity contribution in [1.29, 1.82) is 0 Å². The summed E-state index contributed by atoms with van der Waals surface area (Å²) in [6, 6.07) is 0. The summed E-state index contributed by atoms with van der Waals surface area (Å²) < 4.78 is 5.43. The van der Waals surface area contributed by atoms with Crippen molar-refractivity contribution in [3.05, 3.63) is 0 Å². The second kappa shape index (κ2) is 7.04. The van der Waals surface area contributed by atoms with Crippen molar-refractivity contribution in [2.75, 3.05) is 26.7 Å². The average molecular weight is 285 g/mol. The molecule has 1 aliphatic rings. The SMILES string of the molecule is COC1(C(=O)NCCC(=O)NC(C)(C)C)CCNCC1. The number of nitrogens with one attached hydrogen (secondary N) is 3. The Morgan fingerprint density at radius 1 is 1.25 bits per heavy atom. The largest absolute Gasteiger partial charge is 0.368 e. The van der Waals surface area contributed by atoms with Crippen molar-refractivity contribution in [1.82, 2.24) is 16.0 Å². The van der Waals surface area contributed by atoms with Crippen molar-refractivity contribution in [2.24, 2.45) is 0 Å². The summed E-state index contributed by atoms with van der Waals surface area (Å²) >= 11 is 0. The Balaban J connectivity index is 2.37. The van der Waals surface area contributed by atoms with E-state index in [0.29, 0.717) is 19.4 Å². The Morgan fingerprint density at radius 2 is 1.85 bits per heavy atom. The summed E-state index contributed by atoms with van der Waals surface area (Å²) in [5.41, 5.74) is -0.990. The molecule has 0 aromatic rings. The maximum absolute atomic E-state index is 12.2. The van der Waals surface area contributed by atoms with Gasteiger partial charge in [-0.1, -0.05) is 0 Å². The third-order valence-corrected chi connectivity index (χ3v) is 3.37. The van der Waals surface area contributed by atoms with Crippen LogP contribution in [0.2, 0.25) is 0 Å². The van der Waals surface area contributed by atoms with Crippen molar-refractivity contribution >= 4 is 11.8 Å². The zero-order chi connectivity index (χ0) is 15.2. The predicted molar refractivity (Wildman–Crippen MR) is 77.4 cm³/mol. The molecule has 20 heavy (non-hydrogen) atoms. The molecule has 2 amide bonds. The van der Waals surface area contributed by atoms with Crippen LogP contribution < -0.4 is 16.0 Å². The fourth-order valence-corrected chi connectivity index (χ4v) is 2.29. The van der Waals surface area contributed by atoms with Crippen LogP contribution in [0.25, 0.3) is 0 Å². The van der Waals surface area contributed by atoms with E-state index in [1.54, 1.807) is 7.11 Å². The van der Waals surface area contributed by atoms with Gasteiger partial charge in [-0.25, -0.2) is 0 Å². The Bertz CT molecular complexity index is 344. The molecule has 0 radical (unpaired) electrons. The van der Waals surface area contributed by atoms with E-state index in [9.17, 15) is 9.59 Å². The highest BCUT2D eigenvalue weighted by molar-refractivity contribution is 5.86. The average Bonchev–Trinajstić information content (AvgIpc) is 2.37. The van der Waals surface area contributed by atoms with Gasteiger partial charge in [0, 0.05) is 25.6 Å². The van der Waals surface area contributed by atoms with Crippen LogP contribution >= 0.6 is 0 Å². The first kappa shape index (κ1) is 16.9. The lowest BCUT2D eigenvalue weighted by Gasteiger charge is -2.34. The van der Waals surface area contributed by atoms with Gasteiger partial charge in [0.25, 0.3) is 5.91 Å². The van der Waals surface area contributed by atoms with E-state index in [1.165, 1.54) is 0 Å². The molecule has 0 aromatic heterocycles. The van der Waals surface area contributed by atoms with Gasteiger partial charge in [0.1, 0.15) is 5.60 Å². The zero-order valence-corrected chi connectivity index (χ0v) is 13.0. The molecule has 0 unspecified atom stereocenters. The molecule has 3 N–H and O–H groups in total. The van der Waals surface area contributed by atoms with Gasteiger partial charge in [-0.05, 0) is 46.7 Å². The van der Waals surface area contributed by atoms with Crippen LogP contribution in [0, 0.1) is 0 Å². The molecular weight excluding hydrogens is 258 g/mol. The molecule has 0 aliphatic carbocycles. The van der Waals surface area contributed by atoms with Gasteiger partial charge in [0.05, 0.1) is 0 Å². The minimum atomic E-state index is -0.744. The quantitative estimate of drug-likeness (QED) is 0.673. The van der Waals surface area contributed by atoms with Crippen LogP contribution in [-0.4, -0.2) is 49.7 Å². The lowest BCUT2D eigenvalue weighted by atomic mass is 9.91. The Morgan fingerprint density at radius 3 is 2.35 bits per heavy atom. The molecule has 0 bridgehead atoms. The van der Waals surface area contributed by atoms with Gasteiger partial charge in [-0.3, -0.25) is 9.59 Å². The van der Waals surface area contributed by atoms with Crippen LogP contribution in [0.3, 0.4) is 0 Å². The van der Waals surface area contributed by atoms with E-state index in [0.717, 1.165) is 13.1 Å². The molecule has 6 heteroatoms. The van der Waals surface area contributed by atoms with E-state index >= 15 is 0 Å². The highest BCUT2D eigenvalue weighted by atomic mass is 16.5. The fraction of sp³-hybridized carbons (Fsp3) is 0.857. The highest BCUT2D eigenvalue weighted by Crippen LogP contribution is 2.22. The minimum Gasteiger partial charge on any atom is -0.368 e. The third-order valence-electron chi connectivity index (χ3n) is 3.37. The van der Waals surface area contributed by atoms with Gasteiger partial charge in [0.2, 0.25) is 5.91 Å². The fourth-order valence-electron chi connectivity index (χ4n) is 2.29. The molecular formula is C14H27N3O3. The van der Waals surface area contributed by atoms with Gasteiger partial charge >= 0.3 is 0 Å². The number of hydrogen-bond acceptors (Lipinski definition) is 4. The highest BCUT2D eigenvalue weighted by Gasteiger charge is 2.39. The predicted octanol–water partition coefficient (Wildman–Crippen LogP) is 0.176. The van der Waals surface area contributed by atoms with E-state index in [2.05, 4.69) is 16.0 Å².